The molecule has 0 aliphatic rings. The highest BCUT2D eigenvalue weighted by Gasteiger charge is 2.26. The minimum Gasteiger partial charge on any atom is -0.467 e. The Morgan fingerprint density at radius 2 is 1.88 bits per heavy atom. The largest absolute Gasteiger partial charge is 0.467 e. The second-order valence-corrected chi connectivity index (χ2v) is 4.48. The van der Waals surface area contributed by atoms with E-state index in [9.17, 15) is 14.7 Å². The van der Waals surface area contributed by atoms with Crippen molar-refractivity contribution in [1.29, 1.82) is 0 Å². The first kappa shape index (κ1) is 15.9. The Hall–Kier alpha value is -1.14. The van der Waals surface area contributed by atoms with Gasteiger partial charge in [-0.15, -0.1) is 0 Å². The first-order valence-electron chi connectivity index (χ1n) is 5.61. The lowest BCUT2D eigenvalue weighted by Gasteiger charge is -2.21. The number of esters is 1. The third kappa shape index (κ3) is 5.65. The highest BCUT2D eigenvalue weighted by atomic mass is 16.5. The summed E-state index contributed by atoms with van der Waals surface area (Å²) in [7, 11) is 1.26. The Morgan fingerprint density at radius 3 is 2.24 bits per heavy atom. The van der Waals surface area contributed by atoms with Gasteiger partial charge in [-0.25, -0.2) is 4.79 Å². The van der Waals surface area contributed by atoms with Gasteiger partial charge in [-0.05, 0) is 19.3 Å². The van der Waals surface area contributed by atoms with Gasteiger partial charge < -0.3 is 20.9 Å². The third-order valence-corrected chi connectivity index (χ3v) is 2.33. The standard InChI is InChI=1S/C11H22N2O4/c1-6(2)5-8(11(16)17-4)13-10(15)9(12)7(3)14/h6-9,14H,5,12H2,1-4H3,(H,13,15). The number of nitrogens with one attached hydrogen (secondary N) is 1. The number of methoxy groups -OCH3 is 1. The summed E-state index contributed by atoms with van der Waals surface area (Å²) >= 11 is 0. The molecule has 3 unspecified atom stereocenters. The number of hydrogen-bond acceptors (Lipinski definition) is 5. The van der Waals surface area contributed by atoms with Crippen LogP contribution in [0.25, 0.3) is 0 Å². The summed E-state index contributed by atoms with van der Waals surface area (Å²) in [6.45, 7) is 5.27. The van der Waals surface area contributed by atoms with Crippen LogP contribution in [0.2, 0.25) is 0 Å². The average molecular weight is 246 g/mol. The smallest absolute Gasteiger partial charge is 0.328 e. The van der Waals surface area contributed by atoms with Crippen LogP contribution in [0.4, 0.5) is 0 Å². The molecule has 0 aliphatic heterocycles. The first-order valence-corrected chi connectivity index (χ1v) is 5.61. The van der Waals surface area contributed by atoms with E-state index in [1.807, 2.05) is 13.8 Å². The molecule has 0 saturated carbocycles. The van der Waals surface area contributed by atoms with Crippen LogP contribution in [-0.4, -0.2) is 42.3 Å². The van der Waals surface area contributed by atoms with Crippen molar-refractivity contribution in [2.75, 3.05) is 7.11 Å². The number of ether oxygens (including phenoxy) is 1. The molecule has 0 aromatic rings. The fourth-order valence-electron chi connectivity index (χ4n) is 1.31. The van der Waals surface area contributed by atoms with Crippen LogP contribution in [0.3, 0.4) is 0 Å². The number of carbonyl (C=O) groups excluding carboxylic acids is 2. The molecule has 0 heterocycles. The van der Waals surface area contributed by atoms with Crippen LogP contribution in [0.5, 0.6) is 0 Å². The van der Waals surface area contributed by atoms with Crippen LogP contribution in [0, 0.1) is 5.92 Å². The molecule has 0 rings (SSSR count). The van der Waals surface area contributed by atoms with E-state index in [1.165, 1.54) is 14.0 Å². The second-order valence-electron chi connectivity index (χ2n) is 4.48. The maximum Gasteiger partial charge on any atom is 0.328 e. The molecule has 0 radical (unpaired) electrons. The second kappa shape index (κ2) is 7.24. The lowest BCUT2D eigenvalue weighted by molar-refractivity contribution is -0.146. The van der Waals surface area contributed by atoms with Gasteiger partial charge in [-0.1, -0.05) is 13.8 Å². The zero-order valence-electron chi connectivity index (χ0n) is 10.8. The number of rotatable bonds is 6. The highest BCUT2D eigenvalue weighted by Crippen LogP contribution is 2.06. The normalized spacial score (nSPS) is 16.2. The quantitative estimate of drug-likeness (QED) is 0.543. The van der Waals surface area contributed by atoms with E-state index in [1.54, 1.807) is 0 Å². The molecule has 0 spiro atoms. The Bertz CT molecular complexity index is 266. The number of hydrogen-bond donors (Lipinski definition) is 3. The minimum absolute atomic E-state index is 0.224. The van der Waals surface area contributed by atoms with Gasteiger partial charge in [-0.3, -0.25) is 4.79 Å². The molecule has 0 aromatic carbocycles. The molecule has 6 nitrogen and oxygen atoms in total. The molecular weight excluding hydrogens is 224 g/mol. The number of nitrogens with two attached hydrogens (primary N) is 1. The van der Waals surface area contributed by atoms with Crippen molar-refractivity contribution < 1.29 is 19.4 Å². The van der Waals surface area contributed by atoms with Crippen molar-refractivity contribution in [2.24, 2.45) is 11.7 Å². The third-order valence-electron chi connectivity index (χ3n) is 2.33. The van der Waals surface area contributed by atoms with E-state index in [0.29, 0.717) is 6.42 Å². The van der Waals surface area contributed by atoms with Crippen molar-refractivity contribution in [1.82, 2.24) is 5.32 Å². The molecule has 0 saturated heterocycles. The van der Waals surface area contributed by atoms with Crippen LogP contribution in [0.15, 0.2) is 0 Å². The van der Waals surface area contributed by atoms with Gasteiger partial charge in [0.1, 0.15) is 12.1 Å². The van der Waals surface area contributed by atoms with Gasteiger partial charge in [0.05, 0.1) is 13.2 Å². The van der Waals surface area contributed by atoms with Crippen molar-refractivity contribution in [3.05, 3.63) is 0 Å². The summed E-state index contributed by atoms with van der Waals surface area (Å²) in [6, 6.07) is -1.77. The van der Waals surface area contributed by atoms with E-state index in [0.717, 1.165) is 0 Å². The molecule has 3 atom stereocenters. The number of aliphatic hydroxyl groups excluding tert-OH is 1. The zero-order valence-corrected chi connectivity index (χ0v) is 10.8. The molecule has 0 aliphatic carbocycles. The Morgan fingerprint density at radius 1 is 1.35 bits per heavy atom. The number of amides is 1. The molecule has 0 aromatic heterocycles. The predicted octanol–water partition coefficient (Wildman–Crippen LogP) is -0.602. The maximum atomic E-state index is 11.6. The summed E-state index contributed by atoms with van der Waals surface area (Å²) < 4.78 is 4.60. The van der Waals surface area contributed by atoms with E-state index in [4.69, 9.17) is 5.73 Å². The van der Waals surface area contributed by atoms with Crippen LogP contribution in [0.1, 0.15) is 27.2 Å². The summed E-state index contributed by atoms with van der Waals surface area (Å²) in [6.07, 6.45) is -0.502. The molecule has 17 heavy (non-hydrogen) atoms. The van der Waals surface area contributed by atoms with Crippen LogP contribution in [-0.2, 0) is 14.3 Å². The SMILES string of the molecule is COC(=O)C(CC(C)C)NC(=O)C(N)C(C)O. The van der Waals surface area contributed by atoms with E-state index in [2.05, 4.69) is 10.1 Å². The lowest BCUT2D eigenvalue weighted by Crippen LogP contribution is -2.52. The molecular formula is C11H22N2O4. The van der Waals surface area contributed by atoms with Crippen molar-refractivity contribution in [3.63, 3.8) is 0 Å². The fraction of sp³-hybridized carbons (Fsp3) is 0.818. The molecule has 1 amide bonds. The monoisotopic (exact) mass is 246 g/mol. The Balaban J connectivity index is 4.53. The zero-order chi connectivity index (χ0) is 13.6. The van der Waals surface area contributed by atoms with Gasteiger partial charge in [-0.2, -0.15) is 0 Å². The van der Waals surface area contributed by atoms with Gasteiger partial charge >= 0.3 is 5.97 Å². The molecule has 6 heteroatoms. The topological polar surface area (TPSA) is 102 Å². The summed E-state index contributed by atoms with van der Waals surface area (Å²) in [5, 5.41) is 11.7. The Labute approximate surface area is 102 Å². The van der Waals surface area contributed by atoms with E-state index < -0.39 is 30.1 Å². The van der Waals surface area contributed by atoms with Gasteiger partial charge in [0, 0.05) is 0 Å². The molecule has 0 fully saturated rings. The number of carbonyl (C=O) groups is 2. The van der Waals surface area contributed by atoms with Crippen molar-refractivity contribution in [3.8, 4) is 0 Å². The van der Waals surface area contributed by atoms with E-state index in [-0.39, 0.29) is 5.92 Å². The van der Waals surface area contributed by atoms with E-state index >= 15 is 0 Å². The van der Waals surface area contributed by atoms with Crippen molar-refractivity contribution >= 4 is 11.9 Å². The molecule has 0 bridgehead atoms. The van der Waals surface area contributed by atoms with Crippen molar-refractivity contribution in [2.45, 2.75) is 45.4 Å². The maximum absolute atomic E-state index is 11.6. The Kier molecular flexibility index (Phi) is 6.75. The molecule has 100 valence electrons. The van der Waals surface area contributed by atoms with Gasteiger partial charge in [0.15, 0.2) is 0 Å². The van der Waals surface area contributed by atoms with Gasteiger partial charge in [0.2, 0.25) is 5.91 Å². The first-order chi connectivity index (χ1) is 7.79. The predicted molar refractivity (Wildman–Crippen MR) is 63.1 cm³/mol. The minimum atomic E-state index is -1.05. The molecule has 4 N–H and O–H groups in total. The number of aliphatic hydroxyl groups is 1. The van der Waals surface area contributed by atoms with Crippen LogP contribution < -0.4 is 11.1 Å². The summed E-state index contributed by atoms with van der Waals surface area (Å²) in [4.78, 5) is 23.0. The average Bonchev–Trinajstić information content (AvgIpc) is 2.24. The van der Waals surface area contributed by atoms with Crippen LogP contribution >= 0.6 is 0 Å². The van der Waals surface area contributed by atoms with Gasteiger partial charge in [0.25, 0.3) is 0 Å². The summed E-state index contributed by atoms with van der Waals surface area (Å²) in [5.41, 5.74) is 5.47. The summed E-state index contributed by atoms with van der Waals surface area (Å²) in [5.74, 6) is -0.844. The lowest BCUT2D eigenvalue weighted by atomic mass is 10.0. The highest BCUT2D eigenvalue weighted by molar-refractivity contribution is 5.87. The fourth-order valence-corrected chi connectivity index (χ4v) is 1.31.